The molecule has 0 aliphatic rings. The summed E-state index contributed by atoms with van der Waals surface area (Å²) in [6.07, 6.45) is 1.78. The normalized spacial score (nSPS) is 11.0. The van der Waals surface area contributed by atoms with Gasteiger partial charge in [0.25, 0.3) is 0 Å². The molecule has 0 N–H and O–H groups in total. The number of hydrogen-bond donors (Lipinski definition) is 0. The van der Waals surface area contributed by atoms with Gasteiger partial charge in [0.1, 0.15) is 18.4 Å². The standard InChI is InChI=1S/C18H16Cl2N2O/c1-22(2)11-15(10-21)14-4-6-16(7-5-14)23-12-13-3-8-17(19)18(20)9-13/h3-9,11H,12H2,1-2H3/b15-11+. The molecule has 0 fully saturated rings. The quantitative estimate of drug-likeness (QED) is 0.714. The number of hydrogen-bond acceptors (Lipinski definition) is 3. The SMILES string of the molecule is CN(C)/C=C(\C#N)c1ccc(OCc2ccc(Cl)c(Cl)c2)cc1. The highest BCUT2D eigenvalue weighted by Gasteiger charge is 2.03. The van der Waals surface area contributed by atoms with Crippen molar-refractivity contribution in [3.63, 3.8) is 0 Å². The number of benzene rings is 2. The Morgan fingerprint density at radius 2 is 1.83 bits per heavy atom. The van der Waals surface area contributed by atoms with Gasteiger partial charge in [0.2, 0.25) is 0 Å². The summed E-state index contributed by atoms with van der Waals surface area (Å²) in [6.45, 7) is 0.398. The summed E-state index contributed by atoms with van der Waals surface area (Å²) in [5.41, 5.74) is 2.39. The van der Waals surface area contributed by atoms with Gasteiger partial charge < -0.3 is 9.64 Å². The van der Waals surface area contributed by atoms with Gasteiger partial charge in [-0.15, -0.1) is 0 Å². The van der Waals surface area contributed by atoms with E-state index in [0.717, 1.165) is 16.9 Å². The molecular formula is C18H16Cl2N2O. The van der Waals surface area contributed by atoms with Crippen LogP contribution in [0.25, 0.3) is 5.57 Å². The Labute approximate surface area is 146 Å². The van der Waals surface area contributed by atoms with Gasteiger partial charge in [-0.3, -0.25) is 0 Å². The van der Waals surface area contributed by atoms with Gasteiger partial charge in [0.15, 0.2) is 0 Å². The summed E-state index contributed by atoms with van der Waals surface area (Å²) in [4.78, 5) is 1.84. The molecule has 5 heteroatoms. The summed E-state index contributed by atoms with van der Waals surface area (Å²) in [5.74, 6) is 0.724. The molecule has 0 saturated heterocycles. The van der Waals surface area contributed by atoms with Crippen molar-refractivity contribution in [1.29, 1.82) is 5.26 Å². The summed E-state index contributed by atoms with van der Waals surface area (Å²) >= 11 is 11.9. The predicted octanol–water partition coefficient (Wildman–Crippen LogP) is 5.00. The number of halogens is 2. The first kappa shape index (κ1) is 17.2. The van der Waals surface area contributed by atoms with Crippen LogP contribution in [-0.4, -0.2) is 19.0 Å². The van der Waals surface area contributed by atoms with Gasteiger partial charge in [-0.25, -0.2) is 0 Å². The Hall–Kier alpha value is -2.15. The third-order valence-corrected chi connectivity index (χ3v) is 3.80. The molecule has 0 saturated carbocycles. The summed E-state index contributed by atoms with van der Waals surface area (Å²) < 4.78 is 5.72. The lowest BCUT2D eigenvalue weighted by molar-refractivity contribution is 0.306. The van der Waals surface area contributed by atoms with Crippen molar-refractivity contribution in [2.45, 2.75) is 6.61 Å². The smallest absolute Gasteiger partial charge is 0.119 e. The fraction of sp³-hybridized carbons (Fsp3) is 0.167. The third-order valence-electron chi connectivity index (χ3n) is 3.06. The van der Waals surface area contributed by atoms with Crippen LogP contribution in [0.5, 0.6) is 5.75 Å². The van der Waals surface area contributed by atoms with Gasteiger partial charge in [-0.1, -0.05) is 29.3 Å². The number of allylic oxidation sites excluding steroid dienone is 1. The number of rotatable bonds is 5. The molecule has 2 aromatic rings. The molecule has 2 rings (SSSR count). The van der Waals surface area contributed by atoms with E-state index in [-0.39, 0.29) is 0 Å². The Balaban J connectivity index is 2.05. The maximum absolute atomic E-state index is 9.20. The number of nitrogens with zero attached hydrogens (tertiary/aromatic N) is 2. The molecule has 0 unspecified atom stereocenters. The lowest BCUT2D eigenvalue weighted by Crippen LogP contribution is -2.02. The minimum atomic E-state index is 0.398. The average molecular weight is 347 g/mol. The van der Waals surface area contributed by atoms with Gasteiger partial charge >= 0.3 is 0 Å². The lowest BCUT2D eigenvalue weighted by atomic mass is 10.1. The van der Waals surface area contributed by atoms with E-state index in [2.05, 4.69) is 6.07 Å². The van der Waals surface area contributed by atoms with Crippen molar-refractivity contribution in [2.24, 2.45) is 0 Å². The zero-order valence-electron chi connectivity index (χ0n) is 12.9. The van der Waals surface area contributed by atoms with Crippen molar-refractivity contribution >= 4 is 28.8 Å². The van der Waals surface area contributed by atoms with Crippen LogP contribution in [0.2, 0.25) is 10.0 Å². The maximum Gasteiger partial charge on any atom is 0.119 e. The maximum atomic E-state index is 9.20. The first-order valence-electron chi connectivity index (χ1n) is 6.95. The van der Waals surface area contributed by atoms with Crippen molar-refractivity contribution < 1.29 is 4.74 Å². The van der Waals surface area contributed by atoms with Crippen LogP contribution < -0.4 is 4.74 Å². The summed E-state index contributed by atoms with van der Waals surface area (Å²) in [6, 6.07) is 15.0. The zero-order chi connectivity index (χ0) is 16.8. The van der Waals surface area contributed by atoms with Crippen LogP contribution >= 0.6 is 23.2 Å². The second kappa shape index (κ2) is 7.92. The molecule has 0 aliphatic carbocycles. The monoisotopic (exact) mass is 346 g/mol. The molecule has 0 aliphatic heterocycles. The zero-order valence-corrected chi connectivity index (χ0v) is 14.4. The first-order chi connectivity index (χ1) is 11.0. The minimum absolute atomic E-state index is 0.398. The highest BCUT2D eigenvalue weighted by atomic mass is 35.5. The van der Waals surface area contributed by atoms with Crippen LogP contribution in [0.4, 0.5) is 0 Å². The average Bonchev–Trinajstić information content (AvgIpc) is 2.54. The Morgan fingerprint density at radius 3 is 2.39 bits per heavy atom. The van der Waals surface area contributed by atoms with E-state index >= 15 is 0 Å². The van der Waals surface area contributed by atoms with Crippen molar-refractivity contribution in [3.8, 4) is 11.8 Å². The topological polar surface area (TPSA) is 36.3 Å². The molecule has 0 spiro atoms. The molecular weight excluding hydrogens is 331 g/mol. The van der Waals surface area contributed by atoms with Gasteiger partial charge in [-0.2, -0.15) is 5.26 Å². The van der Waals surface area contributed by atoms with E-state index in [1.807, 2.05) is 49.3 Å². The fourth-order valence-corrected chi connectivity index (χ4v) is 2.27. The second-order valence-corrected chi connectivity index (χ2v) is 5.99. The van der Waals surface area contributed by atoms with Crippen LogP contribution in [0, 0.1) is 11.3 Å². The van der Waals surface area contributed by atoms with Crippen LogP contribution in [-0.2, 0) is 6.61 Å². The lowest BCUT2D eigenvalue weighted by Gasteiger charge is -2.09. The molecule has 0 amide bonds. The number of nitriles is 1. The van der Waals surface area contributed by atoms with E-state index < -0.39 is 0 Å². The van der Waals surface area contributed by atoms with Crippen LogP contribution in [0.3, 0.4) is 0 Å². The molecule has 0 bridgehead atoms. The van der Waals surface area contributed by atoms with E-state index in [1.54, 1.807) is 18.3 Å². The Bertz CT molecular complexity index is 747. The van der Waals surface area contributed by atoms with E-state index in [0.29, 0.717) is 22.2 Å². The van der Waals surface area contributed by atoms with Crippen LogP contribution in [0.15, 0.2) is 48.7 Å². The molecule has 0 aromatic heterocycles. The molecule has 0 radical (unpaired) electrons. The van der Waals surface area contributed by atoms with Crippen LogP contribution in [0.1, 0.15) is 11.1 Å². The third kappa shape index (κ3) is 4.92. The predicted molar refractivity (Wildman–Crippen MR) is 94.5 cm³/mol. The second-order valence-electron chi connectivity index (χ2n) is 5.18. The summed E-state index contributed by atoms with van der Waals surface area (Å²) in [7, 11) is 3.76. The first-order valence-corrected chi connectivity index (χ1v) is 7.70. The Morgan fingerprint density at radius 1 is 1.13 bits per heavy atom. The molecule has 23 heavy (non-hydrogen) atoms. The van der Waals surface area contributed by atoms with Crippen molar-refractivity contribution in [1.82, 2.24) is 4.90 Å². The number of ether oxygens (including phenoxy) is 1. The van der Waals surface area contributed by atoms with E-state index in [1.165, 1.54) is 0 Å². The highest BCUT2D eigenvalue weighted by molar-refractivity contribution is 6.42. The molecule has 0 atom stereocenters. The summed E-state index contributed by atoms with van der Waals surface area (Å²) in [5, 5.41) is 10.2. The van der Waals surface area contributed by atoms with Gasteiger partial charge in [0.05, 0.1) is 15.6 Å². The van der Waals surface area contributed by atoms with E-state index in [4.69, 9.17) is 27.9 Å². The highest BCUT2D eigenvalue weighted by Crippen LogP contribution is 2.24. The molecule has 118 valence electrons. The van der Waals surface area contributed by atoms with Gasteiger partial charge in [0, 0.05) is 20.3 Å². The molecule has 0 heterocycles. The largest absolute Gasteiger partial charge is 0.489 e. The minimum Gasteiger partial charge on any atom is -0.489 e. The fourth-order valence-electron chi connectivity index (χ4n) is 1.95. The van der Waals surface area contributed by atoms with Gasteiger partial charge in [-0.05, 0) is 47.5 Å². The molecule has 2 aromatic carbocycles. The van der Waals surface area contributed by atoms with E-state index in [9.17, 15) is 5.26 Å². The van der Waals surface area contributed by atoms with Crippen molar-refractivity contribution in [3.05, 3.63) is 69.8 Å². The Kier molecular flexibility index (Phi) is 5.92. The molecule has 3 nitrogen and oxygen atoms in total. The van der Waals surface area contributed by atoms with Crippen molar-refractivity contribution in [2.75, 3.05) is 14.1 Å².